The highest BCUT2D eigenvalue weighted by molar-refractivity contribution is 8.10. The van der Waals surface area contributed by atoms with E-state index >= 15 is 28.8 Å². The van der Waals surface area contributed by atoms with Crippen LogP contribution in [0.4, 0.5) is 5.69 Å². The Morgan fingerprint density at radius 2 is 0.632 bits per heavy atom. The summed E-state index contributed by atoms with van der Waals surface area (Å²) < 4.78 is 55.2. The first-order valence-electron chi connectivity index (χ1n) is 49.7. The van der Waals surface area contributed by atoms with Gasteiger partial charge in [0.05, 0.1) is 22.4 Å². The van der Waals surface area contributed by atoms with Crippen molar-refractivity contribution in [1.29, 1.82) is 43.3 Å². The predicted octanol–water partition coefficient (Wildman–Crippen LogP) is 4.36. The van der Waals surface area contributed by atoms with E-state index in [1.54, 1.807) is 48.5 Å². The molecule has 1 fully saturated rings. The Morgan fingerprint density at radius 1 is 0.347 bits per heavy atom. The summed E-state index contributed by atoms with van der Waals surface area (Å²) >= 11 is 1.13. The molecule has 4 aromatic carbocycles. The zero-order valence-electron chi connectivity index (χ0n) is 82.6. The number of fused-ring (bicyclic) bond motifs is 6. The predicted molar refractivity (Wildman–Crippen MR) is 551 cm³/mol. The van der Waals surface area contributed by atoms with Gasteiger partial charge in [-0.25, -0.2) is 14.6 Å². The first kappa shape index (κ1) is 118. The summed E-state index contributed by atoms with van der Waals surface area (Å²) in [6.07, 6.45) is -1.83. The molecule has 35 N–H and O–H groups in total. The Hall–Kier alpha value is -13.4. The number of carbonyl (C=O) groups excluding carboxylic acids is 7. The molecule has 0 unspecified atom stereocenters. The van der Waals surface area contributed by atoms with Gasteiger partial charge in [0.15, 0.2) is 89.9 Å². The second kappa shape index (κ2) is 65.7. The molecular weight excluding hydrogens is 1880 g/mol. The van der Waals surface area contributed by atoms with Crippen LogP contribution >= 0.6 is 11.9 Å². The van der Waals surface area contributed by atoms with Crippen molar-refractivity contribution in [3.05, 3.63) is 113 Å². The van der Waals surface area contributed by atoms with Gasteiger partial charge >= 0.3 is 41.8 Å². The third-order valence-electron chi connectivity index (χ3n) is 24.0. The second-order valence-electron chi connectivity index (χ2n) is 35.5. The van der Waals surface area contributed by atoms with E-state index in [9.17, 15) is 15.0 Å². The number of hydrogen-bond acceptors (Lipinski definition) is 32. The molecule has 1 spiro atoms. The Bertz CT molecular complexity index is 4660. The van der Waals surface area contributed by atoms with Crippen molar-refractivity contribution in [2.45, 2.75) is 222 Å². The fourth-order valence-electron chi connectivity index (χ4n) is 17.1. The van der Waals surface area contributed by atoms with Gasteiger partial charge in [-0.1, -0.05) is 62.4 Å². The van der Waals surface area contributed by atoms with Crippen molar-refractivity contribution < 1.29 is 81.7 Å². The minimum absolute atomic E-state index is 0.0159. The number of aliphatic imine (C=N–C) groups is 1. The van der Waals surface area contributed by atoms with Crippen molar-refractivity contribution in [3.63, 3.8) is 0 Å². The summed E-state index contributed by atoms with van der Waals surface area (Å²) in [5.74, 6) is -7.19. The van der Waals surface area contributed by atoms with E-state index in [4.69, 9.17) is 127 Å². The maximum Gasteiger partial charge on any atom is 0.342 e. The monoisotopic (exact) mass is 2030 g/mol. The van der Waals surface area contributed by atoms with Crippen LogP contribution in [0.3, 0.4) is 0 Å². The Kier molecular flexibility index (Phi) is 53.6. The Labute approximate surface area is 846 Å². The van der Waals surface area contributed by atoms with Crippen LogP contribution in [0.25, 0.3) is 0 Å². The molecule has 796 valence electrons. The Balaban J connectivity index is 1.24. The SMILES string of the molecule is N=C(N)NCCCN(CCCCCC(=O)O[C@@H]1[C@@H](OC(=O)CCCCCN(CCCNC(=N)N)CCCNC(=N)N)[C@H](OC(=O)CCCCCNSC=Nc2cccc3c2C(=O)OC32c3ccc(O)cc3Oc3cc(O)ccc32)[C@@H](OC(=O)c2ccccc2)[C@H](OC(=O)CCCCCN(CCCNC(=N)N)CCCNC(=N)N)[C@H]1OC(=O)CCCCCN(CCCNC(=N)N)CCCNC(=N)N)CCCNC(=N)N. The highest BCUT2D eigenvalue weighted by Gasteiger charge is 2.62. The molecule has 1 saturated carbocycles. The van der Waals surface area contributed by atoms with Gasteiger partial charge in [-0.05, 0) is 249 Å². The fourth-order valence-corrected chi connectivity index (χ4v) is 17.6. The number of aromatic hydroxyl groups is 2. The molecule has 0 radical (unpaired) electrons. The number of nitrogens with one attached hydrogen (secondary N) is 17. The van der Waals surface area contributed by atoms with Gasteiger partial charge in [-0.15, -0.1) is 0 Å². The summed E-state index contributed by atoms with van der Waals surface area (Å²) in [5.41, 5.74) is 46.6. The molecule has 0 aromatic heterocycles. The van der Waals surface area contributed by atoms with Crippen LogP contribution < -0.4 is 97.9 Å². The molecule has 4 aromatic rings. The number of ether oxygens (including phenoxy) is 8. The van der Waals surface area contributed by atoms with Gasteiger partial charge in [-0.3, -0.25) is 72.0 Å². The molecular formula is C96H154N30O17S. The molecule has 0 amide bonds. The van der Waals surface area contributed by atoms with Crippen molar-refractivity contribution in [2.24, 2.45) is 50.9 Å². The summed E-state index contributed by atoms with van der Waals surface area (Å²) in [5, 5.41) is 105. The number of nitrogens with two attached hydrogens (primary N) is 8. The van der Waals surface area contributed by atoms with E-state index in [0.29, 0.717) is 275 Å². The summed E-state index contributed by atoms with van der Waals surface area (Å²) in [7, 11) is 0. The number of esters is 7. The number of hydrogen-bond donors (Lipinski definition) is 27. The van der Waals surface area contributed by atoms with E-state index < -0.39 is 84.0 Å². The lowest BCUT2D eigenvalue weighted by molar-refractivity contribution is -0.257. The van der Waals surface area contributed by atoms with Gasteiger partial charge in [0, 0.05) is 120 Å². The van der Waals surface area contributed by atoms with Gasteiger partial charge in [0.2, 0.25) is 0 Å². The Morgan fingerprint density at radius 3 is 0.931 bits per heavy atom. The molecule has 47 nitrogen and oxygen atoms in total. The minimum Gasteiger partial charge on any atom is -0.508 e. The van der Waals surface area contributed by atoms with E-state index in [0.717, 1.165) is 11.9 Å². The van der Waals surface area contributed by atoms with Crippen molar-refractivity contribution in [1.82, 2.24) is 66.9 Å². The summed E-state index contributed by atoms with van der Waals surface area (Å²) in [6.45, 7) is 11.2. The average molecular weight is 2030 g/mol. The van der Waals surface area contributed by atoms with Crippen LogP contribution in [0.1, 0.15) is 217 Å². The molecule has 2 heterocycles. The molecule has 2 aliphatic heterocycles. The van der Waals surface area contributed by atoms with E-state index in [-0.39, 0.29) is 146 Å². The fraction of sp³-hybridized carbons (Fsp3) is 0.583. The first-order chi connectivity index (χ1) is 69.3. The molecule has 7 rings (SSSR count). The van der Waals surface area contributed by atoms with Gasteiger partial charge in [0.1, 0.15) is 23.0 Å². The number of benzene rings is 4. The lowest BCUT2D eigenvalue weighted by atomic mass is 9.77. The highest BCUT2D eigenvalue weighted by atomic mass is 32.2. The second-order valence-corrected chi connectivity index (χ2v) is 36.2. The van der Waals surface area contributed by atoms with Crippen LogP contribution in [0.15, 0.2) is 89.9 Å². The van der Waals surface area contributed by atoms with Crippen molar-refractivity contribution in [2.75, 3.05) is 137 Å². The first-order valence-corrected chi connectivity index (χ1v) is 50.6. The largest absolute Gasteiger partial charge is 0.508 e. The lowest BCUT2D eigenvalue weighted by Gasteiger charge is -2.47. The third-order valence-corrected chi connectivity index (χ3v) is 24.5. The quantitative estimate of drug-likeness (QED) is 0.00729. The van der Waals surface area contributed by atoms with Crippen LogP contribution in [0.5, 0.6) is 23.0 Å². The topological polar surface area (TPSA) is 766 Å². The summed E-state index contributed by atoms with van der Waals surface area (Å²) in [4.78, 5) is 119. The van der Waals surface area contributed by atoms with Gasteiger partial charge < -0.3 is 156 Å². The molecule has 48 heteroatoms. The van der Waals surface area contributed by atoms with Gasteiger partial charge in [-0.2, -0.15) is 0 Å². The molecule has 1 aliphatic carbocycles. The number of rotatable bonds is 72. The van der Waals surface area contributed by atoms with Crippen LogP contribution in [-0.2, 0) is 62.7 Å². The smallest absolute Gasteiger partial charge is 0.342 e. The van der Waals surface area contributed by atoms with Crippen LogP contribution in [-0.4, -0.2) is 299 Å². The molecule has 3 aliphatic rings. The highest BCUT2D eigenvalue weighted by Crippen LogP contribution is 2.58. The zero-order chi connectivity index (χ0) is 104. The normalized spacial score (nSPS) is 15.8. The van der Waals surface area contributed by atoms with E-state index in [2.05, 4.69) is 71.8 Å². The third kappa shape index (κ3) is 44.2. The number of nitrogens with zero attached hydrogens (tertiary/aromatic N) is 5. The van der Waals surface area contributed by atoms with E-state index in [1.165, 1.54) is 41.9 Å². The van der Waals surface area contributed by atoms with Crippen molar-refractivity contribution in [3.8, 4) is 23.0 Å². The summed E-state index contributed by atoms with van der Waals surface area (Å²) in [6, 6.07) is 21.9. The van der Waals surface area contributed by atoms with Crippen molar-refractivity contribution >= 4 is 113 Å². The molecule has 0 bridgehead atoms. The number of carbonyl (C=O) groups is 7. The van der Waals surface area contributed by atoms with Crippen LogP contribution in [0.2, 0.25) is 0 Å². The number of phenolic OH excluding ortho intramolecular Hbond substituents is 2. The lowest BCUT2D eigenvalue weighted by Crippen LogP contribution is -2.69. The van der Waals surface area contributed by atoms with E-state index in [1.807, 2.05) is 0 Å². The molecule has 0 saturated heterocycles. The minimum atomic E-state index is -1.99. The van der Waals surface area contributed by atoms with Crippen LogP contribution in [0, 0.1) is 43.3 Å². The maximum atomic E-state index is 15.2. The molecule has 144 heavy (non-hydrogen) atoms. The maximum absolute atomic E-state index is 15.2. The zero-order valence-corrected chi connectivity index (χ0v) is 83.4. The number of phenols is 2. The number of guanidine groups is 8. The van der Waals surface area contributed by atoms with Gasteiger partial charge in [0.25, 0.3) is 0 Å². The standard InChI is InChI=1S/C96H154N30O17S/c97-88(98)113-41-20-54-123(55-21-42-114-89(99)100)50-15-3-10-33-75(130)137-80-81(138-76(131)34-11-4-16-51-124(56-22-43-115-90(101)102)57-23-44-116-91(103)104)83(140-74(129)32-9-2-14-49-122-144-64-121-71-31-19-30-70-79(71)87(135)143-96(70)68-39-37-66(127)62-72(68)136-73-63-67(128)38-40-69(73)96)85(142-86(134)65-28-7-1-8-29-65)84(141-78(133)36-13-6-18-53-126(60-26-47-119-94(109)110)61-27-48-120-95(111)112)82(80)139-77(132)35-12-5-17-52-125(58-24-45-117-92(105)106)59-25-46-118-93(107)108/h1,7-8,19,28-31,37-40,62-64,80-85,122,127-128H,2-6,9-18,20-27,32-36,41-61H2,(H4,97,98,113)(H4,99,100,114)(H4,101,102,115)(H4,103,104,116)(H4,105,106,117)(H4,107,108,118)(H4,109,110,119)(H4,111,112,120)/t80-,81-,82+,83+,84-,85-/m1/s1. The molecule has 6 atom stereocenters. The number of unbranched alkanes of at least 4 members (excludes halogenated alkanes) is 10. The average Bonchev–Trinajstić information content (AvgIpc) is 1.52.